The Labute approximate surface area is 110 Å². The van der Waals surface area contributed by atoms with E-state index in [1.54, 1.807) is 0 Å². The highest BCUT2D eigenvalue weighted by molar-refractivity contribution is 5.77. The van der Waals surface area contributed by atoms with Gasteiger partial charge in [0.05, 0.1) is 0 Å². The maximum absolute atomic E-state index is 11.4. The lowest BCUT2D eigenvalue weighted by Crippen LogP contribution is -2.62. The molecule has 5 heteroatoms. The predicted molar refractivity (Wildman–Crippen MR) is 73.8 cm³/mol. The van der Waals surface area contributed by atoms with Gasteiger partial charge in [-0.1, -0.05) is 6.92 Å². The molecule has 5 N–H and O–H groups in total. The molecule has 0 spiro atoms. The Morgan fingerprint density at radius 3 is 2.28 bits per heavy atom. The smallest absolute Gasteiger partial charge is 0.237 e. The van der Waals surface area contributed by atoms with Crippen LogP contribution in [0.15, 0.2) is 0 Å². The molecule has 0 radical (unpaired) electrons. The van der Waals surface area contributed by atoms with E-state index in [0.717, 1.165) is 12.8 Å². The molecule has 0 aliphatic carbocycles. The van der Waals surface area contributed by atoms with Crippen LogP contribution in [0.2, 0.25) is 0 Å². The van der Waals surface area contributed by atoms with Crippen LogP contribution in [-0.4, -0.2) is 29.6 Å². The summed E-state index contributed by atoms with van der Waals surface area (Å²) in [6, 6.07) is 0.435. The largest absolute Gasteiger partial charge is 0.313 e. The molecule has 1 fully saturated rings. The molecule has 18 heavy (non-hydrogen) atoms. The minimum atomic E-state index is -0.116. The highest BCUT2D eigenvalue weighted by Crippen LogP contribution is 2.28. The molecule has 1 amide bonds. The molecule has 1 aliphatic heterocycles. The normalized spacial score (nSPS) is 24.6. The predicted octanol–water partition coefficient (Wildman–Crippen LogP) is 0.511. The second-order valence-electron chi connectivity index (χ2n) is 6.82. The van der Waals surface area contributed by atoms with E-state index in [1.807, 2.05) is 6.92 Å². The van der Waals surface area contributed by atoms with Gasteiger partial charge in [-0.2, -0.15) is 0 Å². The lowest BCUT2D eigenvalue weighted by molar-refractivity contribution is -0.124. The molecule has 1 heterocycles. The molecule has 0 aromatic rings. The second kappa shape index (κ2) is 5.55. The minimum Gasteiger partial charge on any atom is -0.313 e. The SMILES string of the molecule is CC(CNC1CC(C)(C)NC(C)(C)C1)C(=O)NN. The lowest BCUT2D eigenvalue weighted by Gasteiger charge is -2.47. The van der Waals surface area contributed by atoms with Gasteiger partial charge in [-0.3, -0.25) is 10.2 Å². The molecule has 1 aliphatic rings. The van der Waals surface area contributed by atoms with Crippen LogP contribution in [0.5, 0.6) is 0 Å². The van der Waals surface area contributed by atoms with Crippen LogP contribution in [0, 0.1) is 5.92 Å². The maximum Gasteiger partial charge on any atom is 0.237 e. The van der Waals surface area contributed by atoms with Crippen molar-refractivity contribution in [3.05, 3.63) is 0 Å². The molecule has 1 saturated heterocycles. The average Bonchev–Trinajstić information content (AvgIpc) is 2.20. The summed E-state index contributed by atoms with van der Waals surface area (Å²) >= 11 is 0. The van der Waals surface area contributed by atoms with Gasteiger partial charge >= 0.3 is 0 Å². The zero-order valence-electron chi connectivity index (χ0n) is 12.3. The quantitative estimate of drug-likeness (QED) is 0.336. The maximum atomic E-state index is 11.4. The van der Waals surface area contributed by atoms with E-state index in [2.05, 4.69) is 43.8 Å². The number of rotatable bonds is 4. The number of nitrogens with two attached hydrogens (primary N) is 1. The third kappa shape index (κ3) is 4.55. The van der Waals surface area contributed by atoms with Gasteiger partial charge in [-0.05, 0) is 40.5 Å². The summed E-state index contributed by atoms with van der Waals surface area (Å²) in [6.07, 6.45) is 2.13. The van der Waals surface area contributed by atoms with E-state index in [-0.39, 0.29) is 22.9 Å². The number of amides is 1. The summed E-state index contributed by atoms with van der Waals surface area (Å²) in [4.78, 5) is 11.4. The van der Waals surface area contributed by atoms with Gasteiger partial charge in [0, 0.05) is 29.6 Å². The van der Waals surface area contributed by atoms with Crippen molar-refractivity contribution >= 4 is 5.91 Å². The highest BCUT2D eigenvalue weighted by atomic mass is 16.2. The topological polar surface area (TPSA) is 79.2 Å². The van der Waals surface area contributed by atoms with Crippen molar-refractivity contribution in [3.8, 4) is 0 Å². The Hall–Kier alpha value is -0.650. The highest BCUT2D eigenvalue weighted by Gasteiger charge is 2.37. The monoisotopic (exact) mass is 256 g/mol. The molecular formula is C13H28N4O. The summed E-state index contributed by atoms with van der Waals surface area (Å²) < 4.78 is 0. The number of hydrogen-bond acceptors (Lipinski definition) is 4. The van der Waals surface area contributed by atoms with E-state index in [4.69, 9.17) is 5.84 Å². The number of hydrogen-bond donors (Lipinski definition) is 4. The van der Waals surface area contributed by atoms with Gasteiger partial charge in [0.25, 0.3) is 0 Å². The summed E-state index contributed by atoms with van der Waals surface area (Å²) in [7, 11) is 0. The first kappa shape index (κ1) is 15.4. The van der Waals surface area contributed by atoms with Crippen molar-refractivity contribution in [2.75, 3.05) is 6.54 Å². The number of carbonyl (C=O) groups is 1. The van der Waals surface area contributed by atoms with Crippen LogP contribution in [0.3, 0.4) is 0 Å². The van der Waals surface area contributed by atoms with Gasteiger partial charge in [0.2, 0.25) is 5.91 Å². The van der Waals surface area contributed by atoms with Crippen molar-refractivity contribution in [1.82, 2.24) is 16.1 Å². The van der Waals surface area contributed by atoms with Crippen LogP contribution in [0.1, 0.15) is 47.5 Å². The number of carbonyl (C=O) groups excluding carboxylic acids is 1. The van der Waals surface area contributed by atoms with E-state index < -0.39 is 0 Å². The Morgan fingerprint density at radius 2 is 1.83 bits per heavy atom. The standard InChI is InChI=1S/C13H28N4O/c1-9(11(18)16-14)8-15-10-6-12(2,3)17-13(4,5)7-10/h9-10,15,17H,6-8,14H2,1-5H3,(H,16,18). The average molecular weight is 256 g/mol. The Balaban J connectivity index is 2.49. The number of nitrogens with one attached hydrogen (secondary N) is 3. The zero-order valence-corrected chi connectivity index (χ0v) is 12.3. The summed E-state index contributed by atoms with van der Waals surface area (Å²) in [5.74, 6) is 4.91. The van der Waals surface area contributed by atoms with Crippen LogP contribution in [0.4, 0.5) is 0 Å². The minimum absolute atomic E-state index is 0.101. The second-order valence-corrected chi connectivity index (χ2v) is 6.82. The van der Waals surface area contributed by atoms with E-state index in [0.29, 0.717) is 12.6 Å². The molecule has 1 rings (SSSR count). The molecule has 1 unspecified atom stereocenters. The van der Waals surface area contributed by atoms with E-state index in [9.17, 15) is 4.79 Å². The first-order valence-corrected chi connectivity index (χ1v) is 6.68. The third-order valence-corrected chi connectivity index (χ3v) is 3.49. The molecule has 5 nitrogen and oxygen atoms in total. The van der Waals surface area contributed by atoms with Crippen molar-refractivity contribution in [2.24, 2.45) is 11.8 Å². The fourth-order valence-corrected chi connectivity index (χ4v) is 3.05. The Bertz CT molecular complexity index is 285. The number of piperidine rings is 1. The van der Waals surface area contributed by atoms with Crippen molar-refractivity contribution in [1.29, 1.82) is 0 Å². The molecular weight excluding hydrogens is 228 g/mol. The molecule has 1 atom stereocenters. The van der Waals surface area contributed by atoms with Crippen molar-refractivity contribution in [2.45, 2.75) is 64.6 Å². The Kier molecular flexibility index (Phi) is 4.75. The summed E-state index contributed by atoms with van der Waals surface area (Å²) in [5, 5.41) is 7.14. The molecule has 0 aromatic heterocycles. The van der Waals surface area contributed by atoms with Gasteiger partial charge in [-0.25, -0.2) is 5.84 Å². The van der Waals surface area contributed by atoms with Gasteiger partial charge in [-0.15, -0.1) is 0 Å². The molecule has 0 aromatic carbocycles. The number of hydrazine groups is 1. The van der Waals surface area contributed by atoms with Crippen LogP contribution >= 0.6 is 0 Å². The van der Waals surface area contributed by atoms with E-state index >= 15 is 0 Å². The summed E-state index contributed by atoms with van der Waals surface area (Å²) in [5.41, 5.74) is 2.44. The van der Waals surface area contributed by atoms with Crippen molar-refractivity contribution < 1.29 is 4.79 Å². The summed E-state index contributed by atoms with van der Waals surface area (Å²) in [6.45, 7) is 11.4. The van der Waals surface area contributed by atoms with Crippen molar-refractivity contribution in [3.63, 3.8) is 0 Å². The van der Waals surface area contributed by atoms with Gasteiger partial charge in [0.1, 0.15) is 0 Å². The fourth-order valence-electron chi connectivity index (χ4n) is 3.05. The molecule has 106 valence electrons. The fraction of sp³-hybridized carbons (Fsp3) is 0.923. The first-order valence-electron chi connectivity index (χ1n) is 6.68. The third-order valence-electron chi connectivity index (χ3n) is 3.49. The molecule has 0 saturated carbocycles. The molecule has 0 bridgehead atoms. The lowest BCUT2D eigenvalue weighted by atomic mass is 9.79. The van der Waals surface area contributed by atoms with Gasteiger partial charge < -0.3 is 10.6 Å². The zero-order chi connectivity index (χ0) is 14.0. The first-order chi connectivity index (χ1) is 8.15. The van der Waals surface area contributed by atoms with Crippen LogP contribution < -0.4 is 21.9 Å². The Morgan fingerprint density at radius 1 is 1.33 bits per heavy atom. The van der Waals surface area contributed by atoms with Crippen LogP contribution in [-0.2, 0) is 4.79 Å². The van der Waals surface area contributed by atoms with E-state index in [1.165, 1.54) is 0 Å². The van der Waals surface area contributed by atoms with Gasteiger partial charge in [0.15, 0.2) is 0 Å². The van der Waals surface area contributed by atoms with Crippen LogP contribution in [0.25, 0.3) is 0 Å².